The molecule has 0 bridgehead atoms. The van der Waals surface area contributed by atoms with Gasteiger partial charge >= 0.3 is 12.1 Å². The van der Waals surface area contributed by atoms with Gasteiger partial charge in [-0.15, -0.1) is 0 Å². The van der Waals surface area contributed by atoms with Gasteiger partial charge in [0.25, 0.3) is 0 Å². The lowest BCUT2D eigenvalue weighted by Gasteiger charge is -2.27. The molecule has 4 N–H and O–H groups in total. The number of aliphatic hydroxyl groups is 1. The summed E-state index contributed by atoms with van der Waals surface area (Å²) < 4.78 is 48.8. The number of rotatable bonds is 10. The van der Waals surface area contributed by atoms with Crippen molar-refractivity contribution in [2.75, 3.05) is 43.2 Å². The van der Waals surface area contributed by atoms with Crippen LogP contribution in [-0.4, -0.2) is 83.7 Å². The third-order valence-electron chi connectivity index (χ3n) is 8.65. The number of amides is 1. The highest BCUT2D eigenvalue weighted by Crippen LogP contribution is 2.45. The van der Waals surface area contributed by atoms with Crippen molar-refractivity contribution in [3.05, 3.63) is 57.9 Å². The largest absolute Gasteiger partial charge is 0.492 e. The Morgan fingerprint density at radius 2 is 1.93 bits per heavy atom. The molecule has 3 aliphatic rings. The van der Waals surface area contributed by atoms with Crippen LogP contribution < -0.4 is 30.4 Å². The Bertz CT molecular complexity index is 1830. The first-order valence-corrected chi connectivity index (χ1v) is 14.6. The van der Waals surface area contributed by atoms with E-state index in [2.05, 4.69) is 0 Å². The smallest absolute Gasteiger partial charge is 0.414 e. The van der Waals surface area contributed by atoms with Gasteiger partial charge in [-0.1, -0.05) is 0 Å². The van der Waals surface area contributed by atoms with Crippen LogP contribution in [0.3, 0.4) is 0 Å². The van der Waals surface area contributed by atoms with Gasteiger partial charge in [0.1, 0.15) is 41.4 Å². The summed E-state index contributed by atoms with van der Waals surface area (Å²) in [5.41, 5.74) is 3.39. The summed E-state index contributed by atoms with van der Waals surface area (Å²) in [5, 5.41) is 20.8. The number of carboxylic acid groups (broad SMARTS) is 1. The van der Waals surface area contributed by atoms with E-state index in [0.717, 1.165) is 29.9 Å². The van der Waals surface area contributed by atoms with E-state index in [-0.39, 0.29) is 78.3 Å². The van der Waals surface area contributed by atoms with Gasteiger partial charge in [0.15, 0.2) is 23.1 Å². The van der Waals surface area contributed by atoms with Crippen LogP contribution in [0.15, 0.2) is 35.3 Å². The number of carboxylic acids is 1. The molecule has 1 amide bonds. The maximum Gasteiger partial charge on any atom is 0.414 e. The van der Waals surface area contributed by atoms with Gasteiger partial charge < -0.3 is 39.6 Å². The Balaban J connectivity index is 1.21. The number of carbonyl (C=O) groups is 3. The number of ether oxygens (including phenoxy) is 3. The molecular weight excluding hydrogens is 610 g/mol. The fourth-order valence-corrected chi connectivity index (χ4v) is 6.02. The summed E-state index contributed by atoms with van der Waals surface area (Å²) in [4.78, 5) is 51.3. The molecule has 2 aromatic carbocycles. The predicted octanol–water partition coefficient (Wildman–Crippen LogP) is 2.58. The number of aromatic nitrogens is 1. The molecule has 1 saturated carbocycles. The van der Waals surface area contributed by atoms with Crippen molar-refractivity contribution >= 4 is 40.1 Å². The average molecular weight is 643 g/mol. The van der Waals surface area contributed by atoms with Crippen LogP contribution in [0, 0.1) is 11.6 Å². The first-order valence-electron chi connectivity index (χ1n) is 14.6. The Labute approximate surface area is 260 Å². The summed E-state index contributed by atoms with van der Waals surface area (Å²) in [6, 6.07) is 3.70. The van der Waals surface area contributed by atoms with E-state index in [1.807, 2.05) is 0 Å². The fourth-order valence-electron chi connectivity index (χ4n) is 6.02. The zero-order chi connectivity index (χ0) is 33.1. The minimum atomic E-state index is -1.53. The Kier molecular flexibility index (Phi) is 7.84. The number of fused-ring (bicyclic) bond motifs is 1. The van der Waals surface area contributed by atoms with Gasteiger partial charge in [-0.2, -0.15) is 0 Å². The third-order valence-corrected chi connectivity index (χ3v) is 8.65. The van der Waals surface area contributed by atoms with Crippen molar-refractivity contribution in [2.24, 2.45) is 5.73 Å². The molecule has 3 heterocycles. The van der Waals surface area contributed by atoms with Gasteiger partial charge in [-0.3, -0.25) is 14.5 Å². The number of hydrogen-bond acceptors (Lipinski definition) is 10. The lowest BCUT2D eigenvalue weighted by Crippen LogP contribution is -2.43. The molecule has 0 radical (unpaired) electrons. The zero-order valence-electron chi connectivity index (χ0n) is 25.0. The third kappa shape index (κ3) is 5.49. The van der Waals surface area contributed by atoms with E-state index < -0.39 is 52.4 Å². The lowest BCUT2D eigenvalue weighted by molar-refractivity contribution is -0.120. The maximum atomic E-state index is 15.7. The van der Waals surface area contributed by atoms with Gasteiger partial charge in [0.2, 0.25) is 5.43 Å². The van der Waals surface area contributed by atoms with Crippen LogP contribution in [0.1, 0.15) is 42.6 Å². The second-order valence-electron chi connectivity index (χ2n) is 11.9. The number of halogens is 2. The highest BCUT2D eigenvalue weighted by molar-refractivity contribution is 5.97. The topological polar surface area (TPSA) is 174 Å². The lowest BCUT2D eigenvalue weighted by atomic mass is 10.1. The van der Waals surface area contributed by atoms with E-state index in [0.29, 0.717) is 0 Å². The summed E-state index contributed by atoms with van der Waals surface area (Å²) in [7, 11) is 1.32. The summed E-state index contributed by atoms with van der Waals surface area (Å²) >= 11 is 0. The van der Waals surface area contributed by atoms with Crippen molar-refractivity contribution < 1.29 is 47.6 Å². The van der Waals surface area contributed by atoms with E-state index in [4.69, 9.17) is 19.9 Å². The van der Waals surface area contributed by atoms with Crippen LogP contribution in [0.25, 0.3) is 10.9 Å². The van der Waals surface area contributed by atoms with Gasteiger partial charge in [-0.05, 0) is 44.4 Å². The van der Waals surface area contributed by atoms with Crippen LogP contribution in [0.4, 0.5) is 25.0 Å². The molecule has 15 heteroatoms. The number of cyclic esters (lactones) is 1. The highest BCUT2D eigenvalue weighted by Gasteiger charge is 2.41. The molecule has 3 fully saturated rings. The quantitative estimate of drug-likeness (QED) is 0.297. The van der Waals surface area contributed by atoms with Crippen molar-refractivity contribution in [3.8, 4) is 11.5 Å². The average Bonchev–Trinajstić information content (AvgIpc) is 3.68. The standard InChI is InChI=1S/C31H32F2N4O9/c1-15(38)24(34)23-12-37(30(42)46-23)17-5-6-22(20(32)9-17)45-14-31(43)7-8-35(13-31)26-21(33)10-18-25(28(26)44-2)36(16-3-4-16)11-19(27(18)39)29(40)41/h5-6,9-11,16,23-24,43H,3-4,7-8,12-14,34H2,1-2H3,(H,40,41)/t23-,24?,31?/m0/s1. The fraction of sp³-hybridized carbons (Fsp3) is 0.419. The van der Waals surface area contributed by atoms with Crippen LogP contribution in [-0.2, 0) is 9.53 Å². The molecule has 1 aliphatic carbocycles. The molecule has 1 aromatic heterocycles. The molecule has 13 nitrogen and oxygen atoms in total. The second kappa shape index (κ2) is 11.6. The normalized spacial score (nSPS) is 21.9. The van der Waals surface area contributed by atoms with E-state index in [1.165, 1.54) is 32.4 Å². The first kappa shape index (κ1) is 31.2. The molecule has 3 aromatic rings. The highest BCUT2D eigenvalue weighted by atomic mass is 19.1. The Morgan fingerprint density at radius 3 is 2.57 bits per heavy atom. The number of anilines is 2. The number of nitrogens with two attached hydrogens (primary N) is 1. The number of nitrogens with zero attached hydrogens (tertiary/aromatic N) is 3. The van der Waals surface area contributed by atoms with Gasteiger partial charge in [0.05, 0.1) is 36.8 Å². The predicted molar refractivity (Wildman–Crippen MR) is 160 cm³/mol. The second-order valence-corrected chi connectivity index (χ2v) is 11.9. The number of methoxy groups -OCH3 is 1. The van der Waals surface area contributed by atoms with Gasteiger partial charge in [-0.25, -0.2) is 18.4 Å². The SMILES string of the molecule is COc1c(N2CCC(O)(COc3ccc(N4C[C@@H](C(N)C(C)=O)OC4=O)cc3F)C2)c(F)cc2c(=O)c(C(=O)O)cn(C3CC3)c12. The van der Waals surface area contributed by atoms with Crippen molar-refractivity contribution in [1.82, 2.24) is 4.57 Å². The zero-order valence-corrected chi connectivity index (χ0v) is 25.0. The maximum absolute atomic E-state index is 15.7. The van der Waals surface area contributed by atoms with Crippen LogP contribution in [0.2, 0.25) is 0 Å². The molecule has 0 spiro atoms. The van der Waals surface area contributed by atoms with E-state index in [9.17, 15) is 29.4 Å². The van der Waals surface area contributed by atoms with Crippen LogP contribution >= 0.6 is 0 Å². The molecule has 3 atom stereocenters. The van der Waals surface area contributed by atoms with Gasteiger partial charge in [0, 0.05) is 24.8 Å². The first-order chi connectivity index (χ1) is 21.8. The van der Waals surface area contributed by atoms with E-state index >= 15 is 8.78 Å². The number of benzene rings is 2. The molecule has 6 rings (SSSR count). The number of ketones is 1. The monoisotopic (exact) mass is 642 g/mol. The summed E-state index contributed by atoms with van der Waals surface area (Å²) in [6.07, 6.45) is 1.23. The minimum Gasteiger partial charge on any atom is -0.492 e. The summed E-state index contributed by atoms with van der Waals surface area (Å²) in [6.45, 7) is 0.935. The molecular formula is C31H32F2N4O9. The minimum absolute atomic E-state index is 0.00127. The number of hydrogen-bond donors (Lipinski definition) is 3. The number of carbonyl (C=O) groups excluding carboxylic acids is 2. The number of pyridine rings is 1. The van der Waals surface area contributed by atoms with Crippen molar-refractivity contribution in [1.29, 1.82) is 0 Å². The molecule has 46 heavy (non-hydrogen) atoms. The Morgan fingerprint density at radius 1 is 1.20 bits per heavy atom. The van der Waals surface area contributed by atoms with Crippen molar-refractivity contribution in [2.45, 2.75) is 50.0 Å². The number of β-amino-alcohol motifs (C(OH)–C–C–N with tert-alkyl or cyclic N) is 1. The molecule has 2 aliphatic heterocycles. The van der Waals surface area contributed by atoms with Crippen LogP contribution in [0.5, 0.6) is 11.5 Å². The van der Waals surface area contributed by atoms with Crippen molar-refractivity contribution in [3.63, 3.8) is 0 Å². The number of aromatic carboxylic acids is 1. The summed E-state index contributed by atoms with van der Waals surface area (Å²) in [5.74, 6) is -3.57. The molecule has 2 unspecified atom stereocenters. The van der Waals surface area contributed by atoms with E-state index in [1.54, 1.807) is 9.47 Å². The number of Topliss-reactive ketones (excluding diaryl/α,β-unsaturated/α-hetero) is 1. The molecule has 244 valence electrons. The molecule has 2 saturated heterocycles. The Hall–Kier alpha value is -4.76.